The molecule has 0 radical (unpaired) electrons. The maximum atomic E-state index is 13.5. The zero-order valence-electron chi connectivity index (χ0n) is 21.0. The third kappa shape index (κ3) is 7.86. The van der Waals surface area contributed by atoms with Gasteiger partial charge in [-0.1, -0.05) is 36.7 Å². The summed E-state index contributed by atoms with van der Waals surface area (Å²) in [5, 5.41) is 3.28. The molecule has 35 heavy (non-hydrogen) atoms. The smallest absolute Gasteiger partial charge is 0.244 e. The number of methoxy groups -OCH3 is 1. The highest BCUT2D eigenvalue weighted by molar-refractivity contribution is 7.92. The summed E-state index contributed by atoms with van der Waals surface area (Å²) in [7, 11) is -2.26. The van der Waals surface area contributed by atoms with E-state index in [0.29, 0.717) is 10.8 Å². The number of carbonyl (C=O) groups excluding carboxylic acids is 2. The highest BCUT2D eigenvalue weighted by atomic mass is 35.5. The van der Waals surface area contributed by atoms with Crippen molar-refractivity contribution in [3.8, 4) is 5.75 Å². The summed E-state index contributed by atoms with van der Waals surface area (Å²) in [5.41, 5.74) is 1.83. The van der Waals surface area contributed by atoms with Crippen LogP contribution in [-0.4, -0.2) is 57.1 Å². The highest BCUT2D eigenvalue weighted by Gasteiger charge is 2.30. The van der Waals surface area contributed by atoms with Crippen LogP contribution in [0.15, 0.2) is 42.5 Å². The number of hydrogen-bond donors (Lipinski definition) is 1. The molecular formula is C25H34ClN3O5S. The number of halogens is 1. The topological polar surface area (TPSA) is 96.0 Å². The van der Waals surface area contributed by atoms with Gasteiger partial charge < -0.3 is 15.0 Å². The molecule has 8 nitrogen and oxygen atoms in total. The van der Waals surface area contributed by atoms with Gasteiger partial charge in [0.25, 0.3) is 0 Å². The fourth-order valence-electron chi connectivity index (χ4n) is 3.33. The number of amides is 2. The normalized spacial score (nSPS) is 13.0. The van der Waals surface area contributed by atoms with Crippen LogP contribution in [0.4, 0.5) is 5.69 Å². The van der Waals surface area contributed by atoms with E-state index >= 15 is 0 Å². The zero-order chi connectivity index (χ0) is 26.3. The largest absolute Gasteiger partial charge is 0.497 e. The van der Waals surface area contributed by atoms with Crippen molar-refractivity contribution in [2.24, 2.45) is 0 Å². The summed E-state index contributed by atoms with van der Waals surface area (Å²) in [6, 6.07) is 11.0. The lowest BCUT2D eigenvalue weighted by Gasteiger charge is -2.32. The lowest BCUT2D eigenvalue weighted by atomic mass is 10.1. The van der Waals surface area contributed by atoms with Crippen LogP contribution in [0.3, 0.4) is 0 Å². The first-order valence-corrected chi connectivity index (χ1v) is 13.6. The first-order chi connectivity index (χ1) is 16.4. The van der Waals surface area contributed by atoms with E-state index in [1.807, 2.05) is 13.8 Å². The molecule has 2 atom stereocenters. The molecule has 0 bridgehead atoms. The summed E-state index contributed by atoms with van der Waals surface area (Å²) < 4.78 is 31.4. The van der Waals surface area contributed by atoms with E-state index in [1.165, 1.54) is 11.0 Å². The van der Waals surface area contributed by atoms with Gasteiger partial charge in [0.15, 0.2) is 0 Å². The molecule has 0 aromatic heterocycles. The molecule has 2 rings (SSSR count). The SMILES string of the molecule is CC[C@@H](C)NC(=O)[C@H](C)N(Cc1ccc(OC)cc1)C(=O)CN(c1ccc(C)c(Cl)c1)S(C)(=O)=O. The first kappa shape index (κ1) is 28.5. The van der Waals surface area contributed by atoms with Crippen molar-refractivity contribution in [3.05, 3.63) is 58.6 Å². The lowest BCUT2D eigenvalue weighted by Crippen LogP contribution is -2.52. The number of benzene rings is 2. The average Bonchev–Trinajstić information content (AvgIpc) is 2.81. The molecule has 0 fully saturated rings. The molecule has 1 N–H and O–H groups in total. The van der Waals surface area contributed by atoms with Crippen molar-refractivity contribution in [3.63, 3.8) is 0 Å². The van der Waals surface area contributed by atoms with Gasteiger partial charge in [-0.2, -0.15) is 0 Å². The molecule has 10 heteroatoms. The van der Waals surface area contributed by atoms with Crippen LogP contribution >= 0.6 is 11.6 Å². The number of hydrogen-bond acceptors (Lipinski definition) is 5. The van der Waals surface area contributed by atoms with E-state index in [-0.39, 0.29) is 24.2 Å². The monoisotopic (exact) mass is 523 g/mol. The van der Waals surface area contributed by atoms with Gasteiger partial charge >= 0.3 is 0 Å². The minimum absolute atomic E-state index is 0.0647. The second-order valence-corrected chi connectivity index (χ2v) is 10.9. The second-order valence-electron chi connectivity index (χ2n) is 8.57. The average molecular weight is 524 g/mol. The van der Waals surface area contributed by atoms with E-state index in [9.17, 15) is 18.0 Å². The van der Waals surface area contributed by atoms with Crippen molar-refractivity contribution < 1.29 is 22.7 Å². The van der Waals surface area contributed by atoms with E-state index in [2.05, 4.69) is 5.32 Å². The Bertz CT molecular complexity index is 1140. The van der Waals surface area contributed by atoms with Crippen molar-refractivity contribution in [2.45, 2.75) is 52.7 Å². The number of rotatable bonds is 11. The van der Waals surface area contributed by atoms with Crippen LogP contribution in [-0.2, 0) is 26.2 Å². The number of anilines is 1. The van der Waals surface area contributed by atoms with Gasteiger partial charge in [0.2, 0.25) is 21.8 Å². The van der Waals surface area contributed by atoms with Gasteiger partial charge in [-0.15, -0.1) is 0 Å². The Hall–Kier alpha value is -2.78. The summed E-state index contributed by atoms with van der Waals surface area (Å²) in [5.74, 6) is -0.172. The van der Waals surface area contributed by atoms with Gasteiger partial charge in [0.1, 0.15) is 18.3 Å². The Labute approximate surface area is 213 Å². The van der Waals surface area contributed by atoms with Crippen LogP contribution in [0.25, 0.3) is 0 Å². The highest BCUT2D eigenvalue weighted by Crippen LogP contribution is 2.25. The Morgan fingerprint density at radius 2 is 1.74 bits per heavy atom. The lowest BCUT2D eigenvalue weighted by molar-refractivity contribution is -0.139. The zero-order valence-corrected chi connectivity index (χ0v) is 22.6. The van der Waals surface area contributed by atoms with Crippen molar-refractivity contribution in [1.82, 2.24) is 10.2 Å². The van der Waals surface area contributed by atoms with Gasteiger partial charge in [-0.25, -0.2) is 8.42 Å². The third-order valence-electron chi connectivity index (χ3n) is 5.80. The first-order valence-electron chi connectivity index (χ1n) is 11.3. The van der Waals surface area contributed by atoms with Crippen molar-refractivity contribution >= 4 is 39.1 Å². The molecular weight excluding hydrogens is 490 g/mol. The van der Waals surface area contributed by atoms with E-state index < -0.39 is 28.5 Å². The maximum Gasteiger partial charge on any atom is 0.244 e. The maximum absolute atomic E-state index is 13.5. The van der Waals surface area contributed by atoms with Gasteiger partial charge in [-0.3, -0.25) is 13.9 Å². The van der Waals surface area contributed by atoms with E-state index in [4.69, 9.17) is 16.3 Å². The van der Waals surface area contributed by atoms with Crippen LogP contribution < -0.4 is 14.4 Å². The van der Waals surface area contributed by atoms with Crippen LogP contribution in [0.5, 0.6) is 5.75 Å². The summed E-state index contributed by atoms with van der Waals surface area (Å²) in [4.78, 5) is 27.8. The Morgan fingerprint density at radius 1 is 1.11 bits per heavy atom. The quantitative estimate of drug-likeness (QED) is 0.484. The summed E-state index contributed by atoms with van der Waals surface area (Å²) >= 11 is 6.21. The number of sulfonamides is 1. The van der Waals surface area contributed by atoms with Crippen molar-refractivity contribution in [1.29, 1.82) is 0 Å². The van der Waals surface area contributed by atoms with Gasteiger partial charge in [0, 0.05) is 17.6 Å². The molecule has 192 valence electrons. The third-order valence-corrected chi connectivity index (χ3v) is 7.35. The number of aryl methyl sites for hydroxylation is 1. The summed E-state index contributed by atoms with van der Waals surface area (Å²) in [6.45, 7) is 6.90. The second kappa shape index (κ2) is 12.3. The molecule has 0 aliphatic heterocycles. The number of ether oxygens (including phenoxy) is 1. The molecule has 0 saturated heterocycles. The number of nitrogens with one attached hydrogen (secondary N) is 1. The Kier molecular flexibility index (Phi) is 9.97. The standard InChI is InChI=1S/C25H34ClN3O5S/c1-7-18(3)27-25(31)19(4)28(15-20-9-12-22(34-5)13-10-20)24(30)16-29(35(6,32)33)21-11-8-17(2)23(26)14-21/h8-14,18-19H,7,15-16H2,1-6H3,(H,27,31)/t18-,19+/m1/s1. The van der Waals surface area contributed by atoms with Crippen LogP contribution in [0.1, 0.15) is 38.3 Å². The Morgan fingerprint density at radius 3 is 2.26 bits per heavy atom. The fraction of sp³-hybridized carbons (Fsp3) is 0.440. The minimum atomic E-state index is -3.82. The molecule has 2 aromatic rings. The molecule has 0 spiro atoms. The minimum Gasteiger partial charge on any atom is -0.497 e. The van der Waals surface area contributed by atoms with E-state index in [0.717, 1.165) is 28.1 Å². The molecule has 0 saturated carbocycles. The van der Waals surface area contributed by atoms with Crippen LogP contribution in [0, 0.1) is 6.92 Å². The molecule has 0 heterocycles. The molecule has 0 unspecified atom stereocenters. The van der Waals surface area contributed by atoms with Crippen molar-refractivity contribution in [2.75, 3.05) is 24.2 Å². The van der Waals surface area contributed by atoms with Crippen LogP contribution in [0.2, 0.25) is 5.02 Å². The van der Waals surface area contributed by atoms with Gasteiger partial charge in [-0.05, 0) is 62.6 Å². The Balaban J connectivity index is 2.40. The number of carbonyl (C=O) groups is 2. The molecule has 2 aromatic carbocycles. The predicted molar refractivity (Wildman–Crippen MR) is 139 cm³/mol. The van der Waals surface area contributed by atoms with Gasteiger partial charge in [0.05, 0.1) is 19.1 Å². The predicted octanol–water partition coefficient (Wildman–Crippen LogP) is 3.76. The van der Waals surface area contributed by atoms with E-state index in [1.54, 1.807) is 57.4 Å². The number of nitrogens with zero attached hydrogens (tertiary/aromatic N) is 2. The molecule has 0 aliphatic rings. The molecule has 2 amide bonds. The molecule has 0 aliphatic carbocycles. The summed E-state index contributed by atoms with van der Waals surface area (Å²) in [6.07, 6.45) is 1.77. The fourth-order valence-corrected chi connectivity index (χ4v) is 4.34.